The van der Waals surface area contributed by atoms with E-state index in [2.05, 4.69) is 21.3 Å². The molecular weight excluding hydrogens is 480 g/mol. The molecule has 1 unspecified atom stereocenters. The zero-order valence-corrected chi connectivity index (χ0v) is 21.0. The maximum absolute atomic E-state index is 13.0. The molecule has 1 aromatic carbocycles. The summed E-state index contributed by atoms with van der Waals surface area (Å²) in [6, 6.07) is 8.17. The Morgan fingerprint density at radius 1 is 1.03 bits per heavy atom. The quantitative estimate of drug-likeness (QED) is 0.382. The molecule has 2 aromatic rings. The lowest BCUT2D eigenvalue weighted by molar-refractivity contribution is -0.141. The van der Waals surface area contributed by atoms with Crippen LogP contribution in [0.3, 0.4) is 0 Å². The first-order valence-electron chi connectivity index (χ1n) is 12.6. The summed E-state index contributed by atoms with van der Waals surface area (Å²) in [5, 5.41) is 11.7. The van der Waals surface area contributed by atoms with E-state index in [0.717, 1.165) is 48.6 Å². The van der Waals surface area contributed by atoms with E-state index in [1.54, 1.807) is 6.07 Å². The largest absolute Gasteiger partial charge is 0.356 e. The van der Waals surface area contributed by atoms with Gasteiger partial charge in [0.25, 0.3) is 11.8 Å². The van der Waals surface area contributed by atoms with Crippen LogP contribution in [0.4, 0.5) is 0 Å². The standard InChI is InChI=1S/C26H32N4O5S/c31-22(15-28-25(34)21-14-16-7-4-5-11-20(16)36-21)30-19(13-17-8-6-12-27-24(17)33)23(32)26(35)29-18-9-2-1-3-10-18/h4-5,7,11,14,17-19H,1-3,6,8-10,12-13,15H2,(H,27,33)(H,28,34)(H,29,35)(H,30,31)/t17-,19?/m0/s1. The van der Waals surface area contributed by atoms with Crippen molar-refractivity contribution in [3.8, 4) is 0 Å². The summed E-state index contributed by atoms with van der Waals surface area (Å²) in [5.41, 5.74) is 0. The second kappa shape index (κ2) is 12.1. The number of amides is 4. The molecule has 10 heteroatoms. The molecule has 1 aliphatic carbocycles. The number of hydrogen-bond donors (Lipinski definition) is 4. The van der Waals surface area contributed by atoms with Gasteiger partial charge < -0.3 is 21.3 Å². The highest BCUT2D eigenvalue weighted by molar-refractivity contribution is 7.20. The van der Waals surface area contributed by atoms with E-state index < -0.39 is 35.5 Å². The van der Waals surface area contributed by atoms with Crippen molar-refractivity contribution in [2.45, 2.75) is 63.5 Å². The van der Waals surface area contributed by atoms with Gasteiger partial charge in [-0.1, -0.05) is 37.5 Å². The normalized spacial score (nSPS) is 19.2. The molecule has 1 saturated heterocycles. The van der Waals surface area contributed by atoms with E-state index in [-0.39, 0.29) is 24.9 Å². The van der Waals surface area contributed by atoms with Crippen LogP contribution in [0.15, 0.2) is 30.3 Å². The van der Waals surface area contributed by atoms with Gasteiger partial charge >= 0.3 is 0 Å². The van der Waals surface area contributed by atoms with Gasteiger partial charge in [-0.3, -0.25) is 24.0 Å². The number of piperidine rings is 1. The maximum Gasteiger partial charge on any atom is 0.289 e. The molecule has 36 heavy (non-hydrogen) atoms. The molecule has 1 aromatic heterocycles. The molecule has 4 rings (SSSR count). The minimum Gasteiger partial charge on any atom is -0.356 e. The fraction of sp³-hybridized carbons (Fsp3) is 0.500. The highest BCUT2D eigenvalue weighted by Gasteiger charge is 2.34. The molecule has 0 bridgehead atoms. The van der Waals surface area contributed by atoms with Gasteiger partial charge in [0.15, 0.2) is 0 Å². The second-order valence-electron chi connectivity index (χ2n) is 9.49. The van der Waals surface area contributed by atoms with Gasteiger partial charge in [0.05, 0.1) is 17.5 Å². The van der Waals surface area contributed by atoms with Crippen LogP contribution in [0, 0.1) is 5.92 Å². The summed E-state index contributed by atoms with van der Waals surface area (Å²) >= 11 is 1.32. The zero-order valence-electron chi connectivity index (χ0n) is 20.1. The van der Waals surface area contributed by atoms with Crippen LogP contribution in [-0.2, 0) is 19.2 Å². The summed E-state index contributed by atoms with van der Waals surface area (Å²) in [6.07, 6.45) is 6.16. The molecule has 1 saturated carbocycles. The van der Waals surface area contributed by atoms with Gasteiger partial charge in [-0.15, -0.1) is 11.3 Å². The van der Waals surface area contributed by atoms with Crippen LogP contribution >= 0.6 is 11.3 Å². The van der Waals surface area contributed by atoms with Crippen molar-refractivity contribution in [2.75, 3.05) is 13.1 Å². The van der Waals surface area contributed by atoms with Gasteiger partial charge in [-0.2, -0.15) is 0 Å². The van der Waals surface area contributed by atoms with Gasteiger partial charge in [0.2, 0.25) is 17.6 Å². The number of fused-ring (bicyclic) bond motifs is 1. The molecule has 2 fully saturated rings. The van der Waals surface area contributed by atoms with Crippen molar-refractivity contribution in [1.29, 1.82) is 0 Å². The third-order valence-electron chi connectivity index (χ3n) is 6.79. The number of thiophene rings is 1. The lowest BCUT2D eigenvalue weighted by Crippen LogP contribution is -2.53. The molecule has 2 atom stereocenters. The Bertz CT molecular complexity index is 1110. The molecule has 4 N–H and O–H groups in total. The summed E-state index contributed by atoms with van der Waals surface area (Å²) < 4.78 is 0.965. The average Bonchev–Trinajstić information content (AvgIpc) is 3.33. The Balaban J connectivity index is 1.37. The predicted octanol–water partition coefficient (Wildman–Crippen LogP) is 2.05. The molecule has 9 nitrogen and oxygen atoms in total. The highest BCUT2D eigenvalue weighted by atomic mass is 32.1. The Hall–Kier alpha value is -3.27. The van der Waals surface area contributed by atoms with E-state index >= 15 is 0 Å². The van der Waals surface area contributed by atoms with Crippen molar-refractivity contribution in [3.05, 3.63) is 35.2 Å². The zero-order chi connectivity index (χ0) is 25.5. The fourth-order valence-electron chi connectivity index (χ4n) is 4.82. The van der Waals surface area contributed by atoms with Crippen molar-refractivity contribution in [3.63, 3.8) is 0 Å². The van der Waals surface area contributed by atoms with Crippen LogP contribution < -0.4 is 21.3 Å². The maximum atomic E-state index is 13.0. The van der Waals surface area contributed by atoms with Crippen molar-refractivity contribution in [2.24, 2.45) is 5.92 Å². The summed E-state index contributed by atoms with van der Waals surface area (Å²) in [6.45, 7) is 0.226. The van der Waals surface area contributed by atoms with Crippen LogP contribution in [0.1, 0.15) is 61.0 Å². The Morgan fingerprint density at radius 3 is 2.56 bits per heavy atom. The molecule has 2 heterocycles. The van der Waals surface area contributed by atoms with Gasteiger partial charge in [-0.25, -0.2) is 0 Å². The average molecular weight is 513 g/mol. The number of benzene rings is 1. The monoisotopic (exact) mass is 512 g/mol. The number of ketones is 1. The minimum absolute atomic E-state index is 0.0404. The van der Waals surface area contributed by atoms with Crippen LogP contribution in [0.25, 0.3) is 10.1 Å². The fourth-order valence-corrected chi connectivity index (χ4v) is 5.80. The Kier molecular flexibility index (Phi) is 8.69. The van der Waals surface area contributed by atoms with E-state index in [1.807, 2.05) is 24.3 Å². The van der Waals surface area contributed by atoms with Gasteiger partial charge in [-0.05, 0) is 49.6 Å². The number of carbonyl (C=O) groups is 5. The summed E-state index contributed by atoms with van der Waals surface area (Å²) in [4.78, 5) is 63.8. The third-order valence-corrected chi connectivity index (χ3v) is 7.91. The molecule has 4 amide bonds. The number of rotatable bonds is 9. The Morgan fingerprint density at radius 2 is 1.81 bits per heavy atom. The number of Topliss-reactive ketones (excluding diaryl/α,β-unsaturated/α-hetero) is 1. The van der Waals surface area contributed by atoms with Gasteiger partial charge in [0, 0.05) is 23.2 Å². The van der Waals surface area contributed by atoms with Crippen LogP contribution in [0.2, 0.25) is 0 Å². The number of hydrogen-bond acceptors (Lipinski definition) is 6. The number of nitrogens with one attached hydrogen (secondary N) is 4. The topological polar surface area (TPSA) is 133 Å². The first kappa shape index (κ1) is 25.8. The lowest BCUT2D eigenvalue weighted by Gasteiger charge is -2.27. The molecule has 1 aliphatic heterocycles. The second-order valence-corrected chi connectivity index (χ2v) is 10.6. The lowest BCUT2D eigenvalue weighted by atomic mass is 9.89. The molecular formula is C26H32N4O5S. The van der Waals surface area contributed by atoms with E-state index in [1.165, 1.54) is 11.3 Å². The molecule has 192 valence electrons. The number of carbonyl (C=O) groups excluding carboxylic acids is 5. The Labute approximate surface area is 213 Å². The first-order valence-corrected chi connectivity index (χ1v) is 13.4. The van der Waals surface area contributed by atoms with Crippen LogP contribution in [-0.4, -0.2) is 54.6 Å². The highest BCUT2D eigenvalue weighted by Crippen LogP contribution is 2.25. The smallest absolute Gasteiger partial charge is 0.289 e. The third kappa shape index (κ3) is 6.69. The van der Waals surface area contributed by atoms with E-state index in [9.17, 15) is 24.0 Å². The summed E-state index contributed by atoms with van der Waals surface area (Å²) in [7, 11) is 0. The molecule has 2 aliphatic rings. The minimum atomic E-state index is -1.14. The SMILES string of the molecule is O=C(CNC(=O)c1cc2ccccc2s1)NC(C[C@@H]1CCCNC1=O)C(=O)C(=O)NC1CCCCC1. The predicted molar refractivity (Wildman–Crippen MR) is 136 cm³/mol. The summed E-state index contributed by atoms with van der Waals surface area (Å²) in [5.74, 6) is -3.14. The molecule has 0 spiro atoms. The van der Waals surface area contributed by atoms with E-state index in [0.29, 0.717) is 17.8 Å². The first-order chi connectivity index (χ1) is 17.4. The van der Waals surface area contributed by atoms with Crippen molar-refractivity contribution < 1.29 is 24.0 Å². The van der Waals surface area contributed by atoms with Gasteiger partial charge in [0.1, 0.15) is 0 Å². The van der Waals surface area contributed by atoms with Crippen molar-refractivity contribution >= 4 is 50.8 Å². The van der Waals surface area contributed by atoms with Crippen molar-refractivity contribution in [1.82, 2.24) is 21.3 Å². The molecule has 0 radical (unpaired) electrons. The van der Waals surface area contributed by atoms with Crippen LogP contribution in [0.5, 0.6) is 0 Å². The van der Waals surface area contributed by atoms with E-state index in [4.69, 9.17) is 0 Å².